The Bertz CT molecular complexity index is 1550. The topological polar surface area (TPSA) is 70.7 Å². The van der Waals surface area contributed by atoms with Crippen molar-refractivity contribution in [3.05, 3.63) is 94.5 Å². The standard InChI is InChI=1S/C25H21FN4O3S/c1-3-32-34-33-25-22(14-29-15-27-21-12-16(2)4-10-20(21)24(29)31)28-23-11-7-18(13-30(23)25)17-5-8-19(26)9-6-17/h4-13,15H,3,14H2,1-2H3. The number of pyridine rings is 1. The second kappa shape index (κ2) is 9.28. The van der Waals surface area contributed by atoms with E-state index in [4.69, 9.17) is 13.4 Å². The van der Waals surface area contributed by atoms with Gasteiger partial charge in [-0.2, -0.15) is 0 Å². The molecule has 3 aromatic heterocycles. The fourth-order valence-electron chi connectivity index (χ4n) is 3.72. The van der Waals surface area contributed by atoms with Crippen LogP contribution in [0, 0.1) is 12.7 Å². The van der Waals surface area contributed by atoms with Gasteiger partial charge in [0.15, 0.2) is 0 Å². The third kappa shape index (κ3) is 4.27. The molecule has 172 valence electrons. The number of nitrogens with zero attached hydrogens (tertiary/aromatic N) is 4. The molecule has 0 amide bonds. The average molecular weight is 477 g/mol. The average Bonchev–Trinajstić information content (AvgIpc) is 3.18. The summed E-state index contributed by atoms with van der Waals surface area (Å²) in [5, 5.41) is 0.543. The molecule has 0 saturated heterocycles. The van der Waals surface area contributed by atoms with Gasteiger partial charge in [-0.15, -0.1) is 0 Å². The van der Waals surface area contributed by atoms with Crippen LogP contribution >= 0.6 is 12.3 Å². The SMILES string of the molecule is CCOSOc1c(Cn2cnc3cc(C)ccc3c2=O)nc2ccc(-c3ccc(F)cc3)cn12. The van der Waals surface area contributed by atoms with Crippen molar-refractivity contribution < 1.29 is 12.8 Å². The van der Waals surface area contributed by atoms with E-state index < -0.39 is 0 Å². The van der Waals surface area contributed by atoms with Crippen LogP contribution in [0.1, 0.15) is 18.2 Å². The van der Waals surface area contributed by atoms with Gasteiger partial charge in [0.1, 0.15) is 17.2 Å². The van der Waals surface area contributed by atoms with Crippen LogP contribution in [0.4, 0.5) is 4.39 Å². The summed E-state index contributed by atoms with van der Waals surface area (Å²) < 4.78 is 27.8. The first-order chi connectivity index (χ1) is 16.5. The van der Waals surface area contributed by atoms with Gasteiger partial charge in [-0.05, 0) is 66.9 Å². The maximum Gasteiger partial charge on any atom is 0.261 e. The van der Waals surface area contributed by atoms with Crippen molar-refractivity contribution in [1.82, 2.24) is 18.9 Å². The molecule has 5 rings (SSSR count). The summed E-state index contributed by atoms with van der Waals surface area (Å²) in [7, 11) is 0. The lowest BCUT2D eigenvalue weighted by Gasteiger charge is -2.09. The summed E-state index contributed by atoms with van der Waals surface area (Å²) in [6, 6.07) is 15.6. The molecule has 0 radical (unpaired) electrons. The Morgan fingerprint density at radius 1 is 1.06 bits per heavy atom. The van der Waals surface area contributed by atoms with Crippen LogP contribution < -0.4 is 9.74 Å². The van der Waals surface area contributed by atoms with Crippen molar-refractivity contribution >= 4 is 28.9 Å². The number of aromatic nitrogens is 4. The molecule has 0 N–H and O–H groups in total. The van der Waals surface area contributed by atoms with Crippen molar-refractivity contribution in [2.24, 2.45) is 0 Å². The van der Waals surface area contributed by atoms with Gasteiger partial charge >= 0.3 is 0 Å². The predicted molar refractivity (Wildman–Crippen MR) is 130 cm³/mol. The zero-order valence-electron chi connectivity index (χ0n) is 18.6. The van der Waals surface area contributed by atoms with Gasteiger partial charge < -0.3 is 4.18 Å². The van der Waals surface area contributed by atoms with Gasteiger partial charge in [-0.1, -0.05) is 18.2 Å². The molecule has 5 aromatic rings. The van der Waals surface area contributed by atoms with Crippen molar-refractivity contribution in [2.45, 2.75) is 20.4 Å². The van der Waals surface area contributed by atoms with Crippen molar-refractivity contribution in [3.63, 3.8) is 0 Å². The Morgan fingerprint density at radius 3 is 2.65 bits per heavy atom. The highest BCUT2D eigenvalue weighted by molar-refractivity contribution is 7.90. The van der Waals surface area contributed by atoms with E-state index in [2.05, 4.69) is 4.98 Å². The summed E-state index contributed by atoms with van der Waals surface area (Å²) in [5.41, 5.74) is 4.46. The normalized spacial score (nSPS) is 11.4. The Hall–Kier alpha value is -3.69. The highest BCUT2D eigenvalue weighted by Crippen LogP contribution is 2.29. The summed E-state index contributed by atoms with van der Waals surface area (Å²) in [4.78, 5) is 22.2. The molecule has 0 bridgehead atoms. The summed E-state index contributed by atoms with van der Waals surface area (Å²) >= 11 is 0.849. The zero-order chi connectivity index (χ0) is 23.7. The summed E-state index contributed by atoms with van der Waals surface area (Å²) in [6.45, 7) is 4.46. The number of halogens is 1. The monoisotopic (exact) mass is 476 g/mol. The largest absolute Gasteiger partial charge is 0.379 e. The van der Waals surface area contributed by atoms with Gasteiger partial charge in [0.25, 0.3) is 5.56 Å². The molecule has 0 aliphatic heterocycles. The van der Waals surface area contributed by atoms with E-state index in [0.717, 1.165) is 29.0 Å². The molecule has 2 aromatic carbocycles. The van der Waals surface area contributed by atoms with Gasteiger partial charge in [-0.3, -0.25) is 17.9 Å². The number of hydrogen-bond donors (Lipinski definition) is 0. The van der Waals surface area contributed by atoms with E-state index in [-0.39, 0.29) is 17.9 Å². The van der Waals surface area contributed by atoms with Crippen molar-refractivity contribution in [1.29, 1.82) is 0 Å². The zero-order valence-corrected chi connectivity index (χ0v) is 19.4. The van der Waals surface area contributed by atoms with Crippen LogP contribution in [0.3, 0.4) is 0 Å². The minimum absolute atomic E-state index is 0.155. The minimum Gasteiger partial charge on any atom is -0.379 e. The van der Waals surface area contributed by atoms with E-state index >= 15 is 0 Å². The highest BCUT2D eigenvalue weighted by Gasteiger charge is 2.17. The number of hydrogen-bond acceptors (Lipinski definition) is 6. The second-order valence-corrected chi connectivity index (χ2v) is 8.31. The van der Waals surface area contributed by atoms with Gasteiger partial charge in [0, 0.05) is 6.20 Å². The van der Waals surface area contributed by atoms with E-state index in [0.29, 0.717) is 34.7 Å². The quantitative estimate of drug-likeness (QED) is 0.238. The van der Waals surface area contributed by atoms with E-state index in [1.165, 1.54) is 23.0 Å². The fraction of sp³-hybridized carbons (Fsp3) is 0.160. The van der Waals surface area contributed by atoms with Crippen LogP contribution in [-0.2, 0) is 10.7 Å². The van der Waals surface area contributed by atoms with Gasteiger partial charge in [0.05, 0.1) is 30.4 Å². The molecular formula is C25H21FN4O3S. The van der Waals surface area contributed by atoms with E-state index in [1.807, 2.05) is 44.3 Å². The molecule has 0 saturated carbocycles. The van der Waals surface area contributed by atoms with Crippen LogP contribution in [0.5, 0.6) is 5.88 Å². The number of rotatable bonds is 7. The van der Waals surface area contributed by atoms with Crippen molar-refractivity contribution in [2.75, 3.05) is 6.61 Å². The first-order valence-electron chi connectivity index (χ1n) is 10.7. The van der Waals surface area contributed by atoms with Gasteiger partial charge in [-0.25, -0.2) is 14.4 Å². The Morgan fingerprint density at radius 2 is 1.85 bits per heavy atom. The first kappa shape index (κ1) is 22.1. The lowest BCUT2D eigenvalue weighted by atomic mass is 10.1. The van der Waals surface area contributed by atoms with E-state index in [1.54, 1.807) is 22.6 Å². The second-order valence-electron chi connectivity index (χ2n) is 7.77. The maximum atomic E-state index is 13.4. The summed E-state index contributed by atoms with van der Waals surface area (Å²) in [6.07, 6.45) is 3.39. The van der Waals surface area contributed by atoms with Crippen LogP contribution in [-0.4, -0.2) is 25.5 Å². The fourth-order valence-corrected chi connectivity index (χ4v) is 4.11. The predicted octanol–water partition coefficient (Wildman–Crippen LogP) is 5.19. The molecule has 34 heavy (non-hydrogen) atoms. The van der Waals surface area contributed by atoms with E-state index in [9.17, 15) is 9.18 Å². The number of aryl methyl sites for hydroxylation is 1. The molecule has 7 nitrogen and oxygen atoms in total. The molecular weight excluding hydrogens is 455 g/mol. The van der Waals surface area contributed by atoms with Crippen LogP contribution in [0.2, 0.25) is 0 Å². The molecule has 0 spiro atoms. The Labute approximate surface area is 199 Å². The molecule has 0 aliphatic carbocycles. The smallest absolute Gasteiger partial charge is 0.261 e. The minimum atomic E-state index is -0.295. The lowest BCUT2D eigenvalue weighted by molar-refractivity contribution is 0.365. The number of fused-ring (bicyclic) bond motifs is 2. The molecule has 0 unspecified atom stereocenters. The van der Waals surface area contributed by atoms with Crippen LogP contribution in [0.15, 0.2) is 71.9 Å². The number of benzene rings is 2. The third-order valence-corrected chi connectivity index (χ3v) is 5.96. The third-order valence-electron chi connectivity index (χ3n) is 5.40. The molecule has 0 fully saturated rings. The lowest BCUT2D eigenvalue weighted by Crippen LogP contribution is -2.21. The molecule has 0 atom stereocenters. The maximum absolute atomic E-state index is 13.4. The Balaban J connectivity index is 1.58. The Kier molecular flexibility index (Phi) is 6.04. The molecule has 9 heteroatoms. The first-order valence-corrected chi connectivity index (χ1v) is 11.4. The van der Waals surface area contributed by atoms with Gasteiger partial charge in [0.2, 0.25) is 18.2 Å². The number of imidazole rings is 1. The van der Waals surface area contributed by atoms with Crippen molar-refractivity contribution in [3.8, 4) is 17.0 Å². The molecule has 3 heterocycles. The highest BCUT2D eigenvalue weighted by atomic mass is 32.2. The summed E-state index contributed by atoms with van der Waals surface area (Å²) in [5.74, 6) is 0.143. The molecule has 0 aliphatic rings. The van der Waals surface area contributed by atoms with Crippen LogP contribution in [0.25, 0.3) is 27.7 Å².